The van der Waals surface area contributed by atoms with Crippen molar-refractivity contribution in [1.82, 2.24) is 15.3 Å². The molecule has 1 heterocycles. The van der Waals surface area contributed by atoms with E-state index in [4.69, 9.17) is 0 Å². The second kappa shape index (κ2) is 8.16. The van der Waals surface area contributed by atoms with Crippen LogP contribution in [0.3, 0.4) is 0 Å². The van der Waals surface area contributed by atoms with Gasteiger partial charge in [-0.1, -0.05) is 42.5 Å². The van der Waals surface area contributed by atoms with Crippen molar-refractivity contribution in [3.05, 3.63) is 105 Å². The number of benzene rings is 3. The van der Waals surface area contributed by atoms with Crippen molar-refractivity contribution in [1.29, 1.82) is 0 Å². The third kappa shape index (κ3) is 4.05. The average Bonchev–Trinajstić information content (AvgIpc) is 3.18. The van der Waals surface area contributed by atoms with Crippen LogP contribution in [0.25, 0.3) is 11.0 Å². The number of rotatable bonds is 6. The van der Waals surface area contributed by atoms with E-state index in [1.54, 1.807) is 6.92 Å². The summed E-state index contributed by atoms with van der Waals surface area (Å²) in [7, 11) is 0. The molecule has 0 bridgehead atoms. The molecule has 0 aliphatic heterocycles. The van der Waals surface area contributed by atoms with Crippen LogP contribution in [-0.4, -0.2) is 20.8 Å². The number of aromatic amines is 1. The number of imidazole rings is 1. The fourth-order valence-electron chi connectivity index (χ4n) is 3.45. The quantitative estimate of drug-likeness (QED) is 0.368. The number of hydrogen-bond acceptors (Lipinski definition) is 4. The summed E-state index contributed by atoms with van der Waals surface area (Å²) in [5.74, 6) is 0.349. The van der Waals surface area contributed by atoms with E-state index >= 15 is 0 Å². The first-order valence-electron chi connectivity index (χ1n) is 9.56. The second-order valence-corrected chi connectivity index (χ2v) is 7.11. The largest absolute Gasteiger partial charge is 0.342 e. The summed E-state index contributed by atoms with van der Waals surface area (Å²) in [6, 6.07) is 21.5. The smallest absolute Gasteiger partial charge is 0.272 e. The summed E-state index contributed by atoms with van der Waals surface area (Å²) >= 11 is 0. The van der Waals surface area contributed by atoms with Gasteiger partial charge < -0.3 is 10.3 Å². The molecule has 4 rings (SSSR count). The highest BCUT2D eigenvalue weighted by atomic mass is 16.6. The maximum absolute atomic E-state index is 12.9. The number of nitrogens with zero attached hydrogens (tertiary/aromatic N) is 2. The first-order valence-corrected chi connectivity index (χ1v) is 9.56. The third-order valence-electron chi connectivity index (χ3n) is 4.98. The van der Waals surface area contributed by atoms with Gasteiger partial charge in [-0.2, -0.15) is 0 Å². The van der Waals surface area contributed by atoms with Crippen molar-refractivity contribution in [3.8, 4) is 0 Å². The minimum absolute atomic E-state index is 0.00957. The first kappa shape index (κ1) is 19.3. The van der Waals surface area contributed by atoms with Gasteiger partial charge >= 0.3 is 0 Å². The van der Waals surface area contributed by atoms with Gasteiger partial charge in [0.05, 0.1) is 22.0 Å². The maximum atomic E-state index is 12.9. The minimum Gasteiger partial charge on any atom is -0.342 e. The Kier molecular flexibility index (Phi) is 5.26. The molecule has 1 unspecified atom stereocenters. The molecule has 0 saturated heterocycles. The van der Waals surface area contributed by atoms with Crippen LogP contribution in [0, 0.1) is 17.0 Å². The predicted octanol–water partition coefficient (Wildman–Crippen LogP) is 4.49. The van der Waals surface area contributed by atoms with Gasteiger partial charge in [0.25, 0.3) is 11.6 Å². The number of carbonyl (C=O) groups excluding carboxylic acids is 1. The number of amides is 1. The summed E-state index contributed by atoms with van der Waals surface area (Å²) in [5, 5.41) is 14.1. The molecule has 1 atom stereocenters. The highest BCUT2D eigenvalue weighted by molar-refractivity contribution is 5.95. The lowest BCUT2D eigenvalue weighted by Crippen LogP contribution is -2.30. The van der Waals surface area contributed by atoms with Crippen molar-refractivity contribution >= 4 is 22.6 Å². The molecule has 30 heavy (non-hydrogen) atoms. The van der Waals surface area contributed by atoms with Crippen molar-refractivity contribution in [3.63, 3.8) is 0 Å². The van der Waals surface area contributed by atoms with Crippen molar-refractivity contribution in [2.45, 2.75) is 19.4 Å². The molecule has 0 aliphatic carbocycles. The van der Waals surface area contributed by atoms with E-state index < -0.39 is 4.92 Å². The molecule has 4 aromatic rings. The molecular formula is C23H20N4O3. The SMILES string of the molecule is Cc1cc(C(=O)NC(Cc2ccccc2)c2nc3ccccc3[nH]2)ccc1[N+](=O)[O-]. The van der Waals surface area contributed by atoms with Gasteiger partial charge in [0.1, 0.15) is 5.82 Å². The summed E-state index contributed by atoms with van der Waals surface area (Å²) in [6.07, 6.45) is 0.554. The summed E-state index contributed by atoms with van der Waals surface area (Å²) in [6.45, 7) is 1.62. The Morgan fingerprint density at radius 2 is 1.83 bits per heavy atom. The van der Waals surface area contributed by atoms with E-state index in [2.05, 4.69) is 15.3 Å². The molecule has 0 aliphatic rings. The Balaban J connectivity index is 1.64. The number of fused-ring (bicyclic) bond motifs is 1. The second-order valence-electron chi connectivity index (χ2n) is 7.11. The topological polar surface area (TPSA) is 101 Å². The number of nitro benzene ring substituents is 1. The average molecular weight is 400 g/mol. The van der Waals surface area contributed by atoms with Crippen LogP contribution in [-0.2, 0) is 6.42 Å². The van der Waals surface area contributed by atoms with Gasteiger partial charge in [-0.25, -0.2) is 4.98 Å². The Hall–Kier alpha value is -4.00. The zero-order valence-electron chi connectivity index (χ0n) is 16.3. The van der Waals surface area contributed by atoms with Crippen LogP contribution in [0.4, 0.5) is 5.69 Å². The van der Waals surface area contributed by atoms with Crippen molar-refractivity contribution < 1.29 is 9.72 Å². The molecule has 3 aromatic carbocycles. The van der Waals surface area contributed by atoms with Crippen LogP contribution >= 0.6 is 0 Å². The van der Waals surface area contributed by atoms with Crippen LogP contribution < -0.4 is 5.32 Å². The Morgan fingerprint density at radius 3 is 2.53 bits per heavy atom. The van der Waals surface area contributed by atoms with E-state index in [1.165, 1.54) is 18.2 Å². The fourth-order valence-corrected chi connectivity index (χ4v) is 3.45. The Morgan fingerprint density at radius 1 is 1.10 bits per heavy atom. The lowest BCUT2D eigenvalue weighted by Gasteiger charge is -2.17. The summed E-state index contributed by atoms with van der Waals surface area (Å²) in [4.78, 5) is 31.5. The number of carbonyl (C=O) groups is 1. The first-order chi connectivity index (χ1) is 14.5. The van der Waals surface area contributed by atoms with Gasteiger partial charge in [0, 0.05) is 17.2 Å². The molecule has 0 spiro atoms. The molecule has 0 fully saturated rings. The number of H-pyrrole nitrogens is 1. The lowest BCUT2D eigenvalue weighted by atomic mass is 10.0. The number of aromatic nitrogens is 2. The number of aryl methyl sites for hydroxylation is 1. The molecule has 1 aromatic heterocycles. The maximum Gasteiger partial charge on any atom is 0.272 e. The van der Waals surface area contributed by atoms with E-state index in [0.29, 0.717) is 23.4 Å². The van der Waals surface area contributed by atoms with Gasteiger partial charge in [-0.05, 0) is 43.2 Å². The summed E-state index contributed by atoms with van der Waals surface area (Å²) in [5.41, 5.74) is 3.58. The Bertz CT molecular complexity index is 1180. The van der Waals surface area contributed by atoms with Crippen LogP contribution in [0.5, 0.6) is 0 Å². The van der Waals surface area contributed by atoms with E-state index in [0.717, 1.165) is 16.6 Å². The normalized spacial score (nSPS) is 11.9. The zero-order chi connectivity index (χ0) is 21.1. The molecule has 7 nitrogen and oxygen atoms in total. The van der Waals surface area contributed by atoms with Crippen LogP contribution in [0.1, 0.15) is 33.4 Å². The van der Waals surface area contributed by atoms with Crippen LogP contribution in [0.2, 0.25) is 0 Å². The molecule has 0 radical (unpaired) electrons. The van der Waals surface area contributed by atoms with Gasteiger partial charge in [-0.15, -0.1) is 0 Å². The van der Waals surface area contributed by atoms with Gasteiger partial charge in [0.15, 0.2) is 0 Å². The van der Waals surface area contributed by atoms with E-state index in [9.17, 15) is 14.9 Å². The van der Waals surface area contributed by atoms with Crippen molar-refractivity contribution in [2.75, 3.05) is 0 Å². The monoisotopic (exact) mass is 400 g/mol. The highest BCUT2D eigenvalue weighted by Crippen LogP contribution is 2.22. The molecule has 2 N–H and O–H groups in total. The van der Waals surface area contributed by atoms with E-state index in [1.807, 2.05) is 54.6 Å². The highest BCUT2D eigenvalue weighted by Gasteiger charge is 2.21. The van der Waals surface area contributed by atoms with Crippen molar-refractivity contribution in [2.24, 2.45) is 0 Å². The molecular weight excluding hydrogens is 380 g/mol. The summed E-state index contributed by atoms with van der Waals surface area (Å²) < 4.78 is 0. The standard InChI is InChI=1S/C23H20N4O3/c1-15-13-17(11-12-21(15)27(29)30)23(28)26-20(14-16-7-3-2-4-8-16)22-24-18-9-5-6-10-19(18)25-22/h2-13,20H,14H2,1H3,(H,24,25)(H,26,28). The van der Waals surface area contributed by atoms with Gasteiger partial charge in [-0.3, -0.25) is 14.9 Å². The number of hydrogen-bond donors (Lipinski definition) is 2. The van der Waals surface area contributed by atoms with Gasteiger partial charge in [0.2, 0.25) is 0 Å². The molecule has 1 amide bonds. The number of nitro groups is 1. The lowest BCUT2D eigenvalue weighted by molar-refractivity contribution is -0.385. The minimum atomic E-state index is -0.455. The number of para-hydroxylation sites is 2. The van der Waals surface area contributed by atoms with Crippen LogP contribution in [0.15, 0.2) is 72.8 Å². The molecule has 0 saturated carbocycles. The van der Waals surface area contributed by atoms with E-state index in [-0.39, 0.29) is 17.6 Å². The molecule has 150 valence electrons. The Labute approximate surface area is 172 Å². The predicted molar refractivity (Wildman–Crippen MR) is 114 cm³/mol. The fraction of sp³-hybridized carbons (Fsp3) is 0.130. The third-order valence-corrected chi connectivity index (χ3v) is 4.98. The number of nitrogens with one attached hydrogen (secondary N) is 2. The molecule has 7 heteroatoms. The zero-order valence-corrected chi connectivity index (χ0v) is 16.3.